The van der Waals surface area contributed by atoms with E-state index in [0.717, 1.165) is 56.0 Å². The molecule has 2 heterocycles. The van der Waals surface area contributed by atoms with Crippen LogP contribution in [0.25, 0.3) is 57.0 Å². The molecule has 6 rings (SSSR count). The zero-order valence-electron chi connectivity index (χ0n) is 17.3. The van der Waals surface area contributed by atoms with Gasteiger partial charge in [0.2, 0.25) is 0 Å². The lowest BCUT2D eigenvalue weighted by atomic mass is 10.0. The number of H-pyrrole nitrogens is 2. The number of para-hydroxylation sites is 4. The maximum Gasteiger partial charge on any atom is 0.139 e. The van der Waals surface area contributed by atoms with Crippen LogP contribution >= 0.6 is 0 Å². The maximum absolute atomic E-state index is 4.78. The summed E-state index contributed by atoms with van der Waals surface area (Å²) >= 11 is 0. The molecule has 4 nitrogen and oxygen atoms in total. The smallest absolute Gasteiger partial charge is 0.139 e. The molecule has 0 unspecified atom stereocenters. The first-order valence-corrected chi connectivity index (χ1v) is 10.6. The second kappa shape index (κ2) is 7.67. The van der Waals surface area contributed by atoms with Gasteiger partial charge in [-0.05, 0) is 35.4 Å². The Morgan fingerprint density at radius 2 is 0.875 bits per heavy atom. The number of nitrogens with one attached hydrogen (secondary N) is 2. The molecule has 4 heteroatoms. The van der Waals surface area contributed by atoms with E-state index in [1.54, 1.807) is 0 Å². The van der Waals surface area contributed by atoms with Crippen molar-refractivity contribution in [3.05, 3.63) is 108 Å². The van der Waals surface area contributed by atoms with Gasteiger partial charge in [0.25, 0.3) is 0 Å². The minimum absolute atomic E-state index is 0.872. The summed E-state index contributed by atoms with van der Waals surface area (Å²) in [6.45, 7) is 0. The molecule has 0 aliphatic heterocycles. The van der Waals surface area contributed by atoms with Gasteiger partial charge in [0, 0.05) is 11.1 Å². The van der Waals surface area contributed by atoms with Crippen LogP contribution in [0.5, 0.6) is 0 Å². The molecule has 0 amide bonds. The highest BCUT2D eigenvalue weighted by Crippen LogP contribution is 2.28. The molecule has 0 aliphatic rings. The number of aromatic amines is 2. The third-order valence-electron chi connectivity index (χ3n) is 5.65. The molecule has 0 spiro atoms. The Kier molecular flexibility index (Phi) is 4.40. The second-order valence-corrected chi connectivity index (χ2v) is 7.71. The Labute approximate surface area is 185 Å². The SMILES string of the molecule is C(=C\c1ccccc1-c1nc2ccccc2[nH]1)/c1ccccc1-c1nc2ccccc2[nH]1. The van der Waals surface area contributed by atoms with Crippen LogP contribution in [-0.4, -0.2) is 19.9 Å². The number of aromatic nitrogens is 4. The molecular formula is C28H20N4. The van der Waals surface area contributed by atoms with Crippen LogP contribution in [0.4, 0.5) is 0 Å². The summed E-state index contributed by atoms with van der Waals surface area (Å²) in [5, 5.41) is 0. The number of benzene rings is 4. The van der Waals surface area contributed by atoms with Gasteiger partial charge in [-0.15, -0.1) is 0 Å². The fraction of sp³-hybridized carbons (Fsp3) is 0. The van der Waals surface area contributed by atoms with Crippen LogP contribution in [0.15, 0.2) is 97.1 Å². The highest BCUT2D eigenvalue weighted by molar-refractivity contribution is 5.87. The largest absolute Gasteiger partial charge is 0.338 e. The van der Waals surface area contributed by atoms with Crippen LogP contribution in [-0.2, 0) is 0 Å². The van der Waals surface area contributed by atoms with E-state index >= 15 is 0 Å². The van der Waals surface area contributed by atoms with Crippen LogP contribution in [0.1, 0.15) is 11.1 Å². The van der Waals surface area contributed by atoms with Gasteiger partial charge in [0.15, 0.2) is 0 Å². The van der Waals surface area contributed by atoms with Gasteiger partial charge >= 0.3 is 0 Å². The van der Waals surface area contributed by atoms with Crippen LogP contribution < -0.4 is 0 Å². The average Bonchev–Trinajstić information content (AvgIpc) is 3.47. The number of imidazole rings is 2. The average molecular weight is 412 g/mol. The first-order valence-electron chi connectivity index (χ1n) is 10.6. The monoisotopic (exact) mass is 412 g/mol. The molecule has 2 aromatic heterocycles. The fourth-order valence-corrected chi connectivity index (χ4v) is 4.06. The van der Waals surface area contributed by atoms with Gasteiger partial charge < -0.3 is 9.97 Å². The molecule has 4 aromatic carbocycles. The molecule has 32 heavy (non-hydrogen) atoms. The normalized spacial score (nSPS) is 11.6. The van der Waals surface area contributed by atoms with E-state index in [9.17, 15) is 0 Å². The van der Waals surface area contributed by atoms with Crippen LogP contribution in [0.2, 0.25) is 0 Å². The minimum atomic E-state index is 0.872. The van der Waals surface area contributed by atoms with Crippen molar-refractivity contribution in [3.63, 3.8) is 0 Å². The van der Waals surface area contributed by atoms with Crippen molar-refractivity contribution in [2.24, 2.45) is 0 Å². The van der Waals surface area contributed by atoms with E-state index in [-0.39, 0.29) is 0 Å². The number of fused-ring (bicyclic) bond motifs is 2. The minimum Gasteiger partial charge on any atom is -0.338 e. The van der Waals surface area contributed by atoms with Crippen LogP contribution in [0.3, 0.4) is 0 Å². The third-order valence-corrected chi connectivity index (χ3v) is 5.65. The second-order valence-electron chi connectivity index (χ2n) is 7.71. The summed E-state index contributed by atoms with van der Waals surface area (Å²) in [6.07, 6.45) is 4.29. The van der Waals surface area contributed by atoms with Crippen molar-refractivity contribution < 1.29 is 0 Å². The van der Waals surface area contributed by atoms with E-state index < -0.39 is 0 Å². The van der Waals surface area contributed by atoms with Gasteiger partial charge in [-0.2, -0.15) is 0 Å². The predicted octanol–water partition coefficient (Wildman–Crippen LogP) is 6.94. The number of rotatable bonds is 4. The molecule has 152 valence electrons. The summed E-state index contributed by atoms with van der Waals surface area (Å²) in [7, 11) is 0. The van der Waals surface area contributed by atoms with E-state index in [4.69, 9.17) is 9.97 Å². The molecule has 0 fully saturated rings. The van der Waals surface area contributed by atoms with Gasteiger partial charge in [-0.3, -0.25) is 0 Å². The highest BCUT2D eigenvalue weighted by Gasteiger charge is 2.10. The van der Waals surface area contributed by atoms with Gasteiger partial charge in [-0.25, -0.2) is 9.97 Å². The van der Waals surface area contributed by atoms with Crippen molar-refractivity contribution in [1.82, 2.24) is 19.9 Å². The molecule has 0 saturated carbocycles. The van der Waals surface area contributed by atoms with Crippen LogP contribution in [0, 0.1) is 0 Å². The number of nitrogens with zero attached hydrogens (tertiary/aromatic N) is 2. The lowest BCUT2D eigenvalue weighted by molar-refractivity contribution is 1.33. The summed E-state index contributed by atoms with van der Waals surface area (Å²) in [4.78, 5) is 16.5. The van der Waals surface area contributed by atoms with Crippen molar-refractivity contribution in [2.45, 2.75) is 0 Å². The third kappa shape index (κ3) is 3.28. The lowest BCUT2D eigenvalue weighted by Gasteiger charge is -2.05. The Bertz CT molecular complexity index is 1400. The van der Waals surface area contributed by atoms with E-state index in [1.165, 1.54) is 0 Å². The van der Waals surface area contributed by atoms with Crippen molar-refractivity contribution in [1.29, 1.82) is 0 Å². The molecule has 0 radical (unpaired) electrons. The van der Waals surface area contributed by atoms with Crippen molar-refractivity contribution in [3.8, 4) is 22.8 Å². The first kappa shape index (κ1) is 18.3. The molecule has 2 N–H and O–H groups in total. The topological polar surface area (TPSA) is 57.4 Å². The standard InChI is InChI=1S/C28H20N4/c1-3-11-21(27-29-23-13-5-6-14-24(23)30-27)19(9-1)17-18-20-10-2-4-12-22(20)28-31-25-15-7-8-16-26(25)32-28/h1-18H,(H,29,30)(H,31,32)/b18-17+. The summed E-state index contributed by atoms with van der Waals surface area (Å²) in [5.74, 6) is 1.74. The summed E-state index contributed by atoms with van der Waals surface area (Å²) in [6, 6.07) is 32.8. The van der Waals surface area contributed by atoms with Gasteiger partial charge in [-0.1, -0.05) is 84.9 Å². The summed E-state index contributed by atoms with van der Waals surface area (Å²) in [5.41, 5.74) is 8.36. The molecule has 6 aromatic rings. The fourth-order valence-electron chi connectivity index (χ4n) is 4.06. The zero-order chi connectivity index (χ0) is 21.3. The quantitative estimate of drug-likeness (QED) is 0.308. The molecule has 0 saturated heterocycles. The lowest BCUT2D eigenvalue weighted by Crippen LogP contribution is -1.87. The van der Waals surface area contributed by atoms with Gasteiger partial charge in [0.05, 0.1) is 22.1 Å². The molecular weight excluding hydrogens is 392 g/mol. The Balaban J connectivity index is 1.40. The number of hydrogen-bond donors (Lipinski definition) is 2. The van der Waals surface area contributed by atoms with Crippen molar-refractivity contribution in [2.75, 3.05) is 0 Å². The maximum atomic E-state index is 4.78. The molecule has 0 bridgehead atoms. The number of hydrogen-bond acceptors (Lipinski definition) is 2. The van der Waals surface area contributed by atoms with E-state index in [0.29, 0.717) is 0 Å². The zero-order valence-corrected chi connectivity index (χ0v) is 17.3. The highest BCUT2D eigenvalue weighted by atomic mass is 14.9. The molecule has 0 aliphatic carbocycles. The Morgan fingerprint density at radius 1 is 0.469 bits per heavy atom. The Morgan fingerprint density at radius 3 is 1.34 bits per heavy atom. The predicted molar refractivity (Wildman–Crippen MR) is 132 cm³/mol. The van der Waals surface area contributed by atoms with Gasteiger partial charge in [0.1, 0.15) is 11.6 Å². The van der Waals surface area contributed by atoms with Crippen molar-refractivity contribution >= 4 is 34.2 Å². The Hall–Kier alpha value is -4.44. The first-order chi connectivity index (χ1) is 15.8. The van der Waals surface area contributed by atoms with E-state index in [1.807, 2.05) is 60.7 Å². The summed E-state index contributed by atoms with van der Waals surface area (Å²) < 4.78 is 0. The van der Waals surface area contributed by atoms with E-state index in [2.05, 4.69) is 58.5 Å². The molecule has 0 atom stereocenters.